The number of hydrogen-bond acceptors (Lipinski definition) is 4. The lowest BCUT2D eigenvalue weighted by molar-refractivity contribution is 0.279. The summed E-state index contributed by atoms with van der Waals surface area (Å²) < 4.78 is 5.67. The summed E-state index contributed by atoms with van der Waals surface area (Å²) in [5.74, 6) is 0.756. The van der Waals surface area contributed by atoms with Crippen molar-refractivity contribution in [2.24, 2.45) is 0 Å². The molecule has 1 heterocycles. The van der Waals surface area contributed by atoms with Crippen LogP contribution in [0, 0.1) is 20.8 Å². The minimum Gasteiger partial charge on any atom is -0.424 e. The van der Waals surface area contributed by atoms with Gasteiger partial charge in [0.05, 0.1) is 12.3 Å². The van der Waals surface area contributed by atoms with Crippen molar-refractivity contribution < 1.29 is 9.84 Å². The van der Waals surface area contributed by atoms with Gasteiger partial charge < -0.3 is 9.84 Å². The van der Waals surface area contributed by atoms with E-state index in [1.165, 1.54) is 0 Å². The third-order valence-electron chi connectivity index (χ3n) is 2.77. The Kier molecular flexibility index (Phi) is 3.58. The molecule has 18 heavy (non-hydrogen) atoms. The molecule has 0 bridgehead atoms. The average Bonchev–Trinajstić information content (AvgIpc) is 2.34. The van der Waals surface area contributed by atoms with E-state index in [9.17, 15) is 0 Å². The lowest BCUT2D eigenvalue weighted by Gasteiger charge is -2.09. The number of ether oxygens (including phenoxy) is 1. The minimum absolute atomic E-state index is 0.0599. The van der Waals surface area contributed by atoms with Crippen LogP contribution in [0.25, 0.3) is 0 Å². The Labute approximate surface area is 106 Å². The summed E-state index contributed by atoms with van der Waals surface area (Å²) in [6.45, 7) is 5.75. The van der Waals surface area contributed by atoms with Gasteiger partial charge in [-0.15, -0.1) is 0 Å². The molecule has 0 aliphatic rings. The maximum Gasteiger partial charge on any atom is 0.322 e. The zero-order valence-corrected chi connectivity index (χ0v) is 10.8. The third-order valence-corrected chi connectivity index (χ3v) is 2.77. The predicted octanol–water partition coefficient (Wildman–Crippen LogP) is 2.69. The second-order valence-corrected chi connectivity index (χ2v) is 4.29. The first-order valence-electron chi connectivity index (χ1n) is 5.78. The van der Waals surface area contributed by atoms with E-state index in [0.717, 1.165) is 22.6 Å². The topological polar surface area (TPSA) is 55.2 Å². The van der Waals surface area contributed by atoms with Crippen molar-refractivity contribution in [3.8, 4) is 11.8 Å². The van der Waals surface area contributed by atoms with Crippen LogP contribution in [-0.2, 0) is 6.61 Å². The number of aliphatic hydroxyl groups excluding tert-OH is 1. The van der Waals surface area contributed by atoms with Crippen molar-refractivity contribution in [2.75, 3.05) is 0 Å². The van der Waals surface area contributed by atoms with Gasteiger partial charge in [0.1, 0.15) is 5.75 Å². The number of aliphatic hydroxyl groups is 1. The Bertz CT molecular complexity index is 568. The molecule has 2 aromatic rings. The van der Waals surface area contributed by atoms with Crippen molar-refractivity contribution in [1.82, 2.24) is 9.97 Å². The summed E-state index contributed by atoms with van der Waals surface area (Å²) in [4.78, 5) is 8.30. The van der Waals surface area contributed by atoms with E-state index in [2.05, 4.69) is 9.97 Å². The predicted molar refractivity (Wildman–Crippen MR) is 68.7 cm³/mol. The Morgan fingerprint density at radius 3 is 2.67 bits per heavy atom. The zero-order valence-electron chi connectivity index (χ0n) is 10.8. The fourth-order valence-corrected chi connectivity index (χ4v) is 1.59. The Morgan fingerprint density at radius 2 is 2.00 bits per heavy atom. The van der Waals surface area contributed by atoms with Gasteiger partial charge in [-0.05, 0) is 38.0 Å². The molecular weight excluding hydrogens is 228 g/mol. The number of benzene rings is 1. The molecule has 0 spiro atoms. The van der Waals surface area contributed by atoms with Crippen LogP contribution in [0.4, 0.5) is 0 Å². The first-order valence-corrected chi connectivity index (χ1v) is 5.78. The standard InChI is InChI=1S/C14H16N2O2/c1-9-4-5-10(2)13(6-9)18-14-15-7-12(8-17)11(3)16-14/h4-7,17H,8H2,1-3H3. The molecule has 4 nitrogen and oxygen atoms in total. The molecule has 1 aromatic carbocycles. The molecule has 0 radical (unpaired) electrons. The summed E-state index contributed by atoms with van der Waals surface area (Å²) in [5.41, 5.74) is 3.60. The molecule has 2 rings (SSSR count). The molecule has 0 unspecified atom stereocenters. The highest BCUT2D eigenvalue weighted by molar-refractivity contribution is 5.37. The van der Waals surface area contributed by atoms with E-state index in [4.69, 9.17) is 9.84 Å². The maximum atomic E-state index is 9.06. The van der Waals surface area contributed by atoms with Crippen molar-refractivity contribution in [3.63, 3.8) is 0 Å². The van der Waals surface area contributed by atoms with Crippen LogP contribution < -0.4 is 4.74 Å². The fraction of sp³-hybridized carbons (Fsp3) is 0.286. The number of hydrogen-bond donors (Lipinski definition) is 1. The average molecular weight is 244 g/mol. The minimum atomic E-state index is -0.0599. The molecule has 4 heteroatoms. The van der Waals surface area contributed by atoms with Crippen molar-refractivity contribution in [2.45, 2.75) is 27.4 Å². The number of aryl methyl sites for hydroxylation is 3. The maximum absolute atomic E-state index is 9.06. The van der Waals surface area contributed by atoms with Crippen LogP contribution in [0.2, 0.25) is 0 Å². The fourth-order valence-electron chi connectivity index (χ4n) is 1.59. The molecule has 0 atom stereocenters. The molecule has 0 saturated heterocycles. The highest BCUT2D eigenvalue weighted by atomic mass is 16.5. The van der Waals surface area contributed by atoms with E-state index in [0.29, 0.717) is 11.6 Å². The van der Waals surface area contributed by atoms with Crippen LogP contribution in [0.3, 0.4) is 0 Å². The van der Waals surface area contributed by atoms with E-state index in [1.807, 2.05) is 39.0 Å². The number of rotatable bonds is 3. The number of aromatic nitrogens is 2. The van der Waals surface area contributed by atoms with Gasteiger partial charge in [-0.1, -0.05) is 12.1 Å². The van der Waals surface area contributed by atoms with E-state index in [1.54, 1.807) is 6.20 Å². The summed E-state index contributed by atoms with van der Waals surface area (Å²) >= 11 is 0. The van der Waals surface area contributed by atoms with Crippen LogP contribution in [0.5, 0.6) is 11.8 Å². The van der Waals surface area contributed by atoms with Crippen LogP contribution in [0.15, 0.2) is 24.4 Å². The SMILES string of the molecule is Cc1ccc(C)c(Oc2ncc(CO)c(C)n2)c1. The van der Waals surface area contributed by atoms with E-state index >= 15 is 0 Å². The molecule has 0 amide bonds. The van der Waals surface area contributed by atoms with Crippen LogP contribution in [-0.4, -0.2) is 15.1 Å². The normalized spacial score (nSPS) is 10.4. The van der Waals surface area contributed by atoms with Crippen molar-refractivity contribution in [1.29, 1.82) is 0 Å². The quantitative estimate of drug-likeness (QED) is 0.901. The molecule has 94 valence electrons. The molecule has 0 saturated carbocycles. The summed E-state index contributed by atoms with van der Waals surface area (Å²) in [6.07, 6.45) is 1.59. The van der Waals surface area contributed by atoms with E-state index in [-0.39, 0.29) is 6.61 Å². The van der Waals surface area contributed by atoms with Gasteiger partial charge >= 0.3 is 6.01 Å². The lowest BCUT2D eigenvalue weighted by Crippen LogP contribution is -1.99. The summed E-state index contributed by atoms with van der Waals surface area (Å²) in [7, 11) is 0. The first kappa shape index (κ1) is 12.5. The van der Waals surface area contributed by atoms with Gasteiger partial charge in [0, 0.05) is 11.8 Å². The van der Waals surface area contributed by atoms with Gasteiger partial charge in [0.25, 0.3) is 0 Å². The van der Waals surface area contributed by atoms with Gasteiger partial charge in [-0.25, -0.2) is 4.98 Å². The summed E-state index contributed by atoms with van der Waals surface area (Å²) in [6, 6.07) is 6.29. The van der Waals surface area contributed by atoms with E-state index < -0.39 is 0 Å². The highest BCUT2D eigenvalue weighted by Crippen LogP contribution is 2.24. The summed E-state index contributed by atoms with van der Waals surface area (Å²) in [5, 5.41) is 9.06. The molecule has 1 N–H and O–H groups in total. The molecule has 0 aliphatic carbocycles. The van der Waals surface area contributed by atoms with Gasteiger partial charge in [-0.2, -0.15) is 4.98 Å². The van der Waals surface area contributed by atoms with Crippen molar-refractivity contribution >= 4 is 0 Å². The first-order chi connectivity index (χ1) is 8.60. The Balaban J connectivity index is 2.28. The molecule has 0 aliphatic heterocycles. The van der Waals surface area contributed by atoms with Gasteiger partial charge in [0.15, 0.2) is 0 Å². The Morgan fingerprint density at radius 1 is 1.22 bits per heavy atom. The van der Waals surface area contributed by atoms with Gasteiger partial charge in [0.2, 0.25) is 0 Å². The Hall–Kier alpha value is -1.94. The second-order valence-electron chi connectivity index (χ2n) is 4.29. The number of nitrogens with zero attached hydrogens (tertiary/aromatic N) is 2. The van der Waals surface area contributed by atoms with Crippen molar-refractivity contribution in [3.05, 3.63) is 46.8 Å². The van der Waals surface area contributed by atoms with Gasteiger partial charge in [-0.3, -0.25) is 0 Å². The highest BCUT2D eigenvalue weighted by Gasteiger charge is 2.06. The van der Waals surface area contributed by atoms with Crippen LogP contribution in [0.1, 0.15) is 22.4 Å². The largest absolute Gasteiger partial charge is 0.424 e. The third kappa shape index (κ3) is 2.65. The second kappa shape index (κ2) is 5.14. The lowest BCUT2D eigenvalue weighted by atomic mass is 10.1. The smallest absolute Gasteiger partial charge is 0.322 e. The molecule has 1 aromatic heterocycles. The monoisotopic (exact) mass is 244 g/mol. The molecular formula is C14H16N2O2. The van der Waals surface area contributed by atoms with Crippen LogP contribution >= 0.6 is 0 Å². The zero-order chi connectivity index (χ0) is 13.1. The molecule has 0 fully saturated rings.